The van der Waals surface area contributed by atoms with E-state index in [0.717, 1.165) is 25.0 Å². The lowest BCUT2D eigenvalue weighted by atomic mass is 10.2. The van der Waals surface area contributed by atoms with Crippen LogP contribution in [0, 0.1) is 0 Å². The van der Waals surface area contributed by atoms with E-state index in [4.69, 9.17) is 39.5 Å². The van der Waals surface area contributed by atoms with Crippen LogP contribution < -0.4 is 10.2 Å². The molecule has 1 amide bonds. The molecule has 0 fully saturated rings. The van der Waals surface area contributed by atoms with E-state index >= 15 is 0 Å². The molecule has 0 aliphatic carbocycles. The van der Waals surface area contributed by atoms with Crippen LogP contribution in [-0.2, 0) is 11.4 Å². The van der Waals surface area contributed by atoms with Crippen molar-refractivity contribution in [3.8, 4) is 5.75 Å². The first-order valence-electron chi connectivity index (χ1n) is 9.08. The number of thioether (sulfide) groups is 1. The van der Waals surface area contributed by atoms with Crippen molar-refractivity contribution in [3.05, 3.63) is 89.7 Å². The molecule has 3 aromatic carbocycles. The Hall–Kier alpha value is -1.22. The monoisotopic (exact) mass is 634 g/mol. The van der Waals surface area contributed by atoms with E-state index < -0.39 is 0 Å². The molecular formula is C22H15Br2Cl3N2O2S. The number of carbonyl (C=O) groups excluding carboxylic acids is 1. The van der Waals surface area contributed by atoms with Crippen LogP contribution in [0.5, 0.6) is 5.75 Å². The average Bonchev–Trinajstić information content (AvgIpc) is 2.75. The summed E-state index contributed by atoms with van der Waals surface area (Å²) in [4.78, 5) is 13.0. The lowest BCUT2D eigenvalue weighted by molar-refractivity contribution is -0.118. The Morgan fingerprint density at radius 2 is 1.69 bits per heavy atom. The molecule has 10 heteroatoms. The zero-order valence-electron chi connectivity index (χ0n) is 16.2. The minimum atomic E-state index is -0.207. The van der Waals surface area contributed by atoms with Gasteiger partial charge in [0.1, 0.15) is 12.4 Å². The molecule has 0 spiro atoms. The molecule has 3 aromatic rings. The molecule has 4 nitrogen and oxygen atoms in total. The van der Waals surface area contributed by atoms with Gasteiger partial charge >= 0.3 is 0 Å². The van der Waals surface area contributed by atoms with Gasteiger partial charge in [0, 0.05) is 9.92 Å². The number of hydrazone groups is 1. The SMILES string of the molecule is O=C(CSc1ccc(Cl)cc1)N/N=C\c1cc(Br)c(OCc2ccc(Cl)c(Cl)c2)c(Br)c1. The van der Waals surface area contributed by atoms with Gasteiger partial charge in [-0.3, -0.25) is 4.79 Å². The highest BCUT2D eigenvalue weighted by molar-refractivity contribution is 9.11. The number of carbonyl (C=O) groups is 1. The zero-order chi connectivity index (χ0) is 23.1. The van der Waals surface area contributed by atoms with Crippen LogP contribution in [0.2, 0.25) is 15.1 Å². The van der Waals surface area contributed by atoms with Crippen molar-refractivity contribution >= 4 is 90.5 Å². The summed E-state index contributed by atoms with van der Waals surface area (Å²) in [5.41, 5.74) is 4.19. The number of nitrogens with zero attached hydrogens (tertiary/aromatic N) is 1. The van der Waals surface area contributed by atoms with Crippen molar-refractivity contribution in [2.45, 2.75) is 11.5 Å². The van der Waals surface area contributed by atoms with E-state index in [1.54, 1.807) is 30.5 Å². The number of rotatable bonds is 8. The van der Waals surface area contributed by atoms with Crippen molar-refractivity contribution in [2.75, 3.05) is 5.75 Å². The highest BCUT2D eigenvalue weighted by Crippen LogP contribution is 2.35. The molecule has 0 aromatic heterocycles. The Labute approximate surface area is 221 Å². The molecule has 0 unspecified atom stereocenters. The molecule has 0 aliphatic rings. The molecule has 0 aliphatic heterocycles. The first-order chi connectivity index (χ1) is 15.3. The standard InChI is InChI=1S/C22H15Br2Cl3N2O2S/c23-17-7-14(10-28-29-21(30)12-32-16-4-2-15(25)3-5-16)8-18(24)22(17)31-11-13-1-6-19(26)20(27)9-13/h1-10H,11-12H2,(H,29,30)/b28-10-. The summed E-state index contributed by atoms with van der Waals surface area (Å²) in [5, 5.41) is 5.66. The molecule has 166 valence electrons. The number of halogens is 5. The van der Waals surface area contributed by atoms with Crippen LogP contribution in [0.1, 0.15) is 11.1 Å². The summed E-state index contributed by atoms with van der Waals surface area (Å²) in [7, 11) is 0. The molecule has 0 atom stereocenters. The number of nitrogens with one attached hydrogen (secondary N) is 1. The van der Waals surface area contributed by atoms with Crippen molar-refractivity contribution in [3.63, 3.8) is 0 Å². The van der Waals surface area contributed by atoms with Gasteiger partial charge in [0.2, 0.25) is 5.91 Å². The van der Waals surface area contributed by atoms with Crippen LogP contribution in [-0.4, -0.2) is 17.9 Å². The molecule has 0 radical (unpaired) electrons. The summed E-state index contributed by atoms with van der Waals surface area (Å²) < 4.78 is 7.38. The van der Waals surface area contributed by atoms with Gasteiger partial charge in [-0.05, 0) is 91.5 Å². The van der Waals surface area contributed by atoms with Crippen LogP contribution >= 0.6 is 78.4 Å². The normalized spacial score (nSPS) is 11.0. The third-order valence-corrected chi connectivity index (χ3v) is 7.16. The highest BCUT2D eigenvalue weighted by atomic mass is 79.9. The third-order valence-electron chi connectivity index (χ3n) is 3.97. The summed E-state index contributed by atoms with van der Waals surface area (Å²) in [6, 6.07) is 16.3. The molecule has 32 heavy (non-hydrogen) atoms. The predicted molar refractivity (Wildman–Crippen MR) is 141 cm³/mol. The maximum atomic E-state index is 12.0. The fourth-order valence-electron chi connectivity index (χ4n) is 2.47. The molecule has 0 heterocycles. The summed E-state index contributed by atoms with van der Waals surface area (Å²) in [5.74, 6) is 0.672. The van der Waals surface area contributed by atoms with Crippen LogP contribution in [0.4, 0.5) is 0 Å². The highest BCUT2D eigenvalue weighted by Gasteiger charge is 2.10. The van der Waals surface area contributed by atoms with Gasteiger partial charge in [0.15, 0.2) is 0 Å². The van der Waals surface area contributed by atoms with Gasteiger partial charge in [-0.25, -0.2) is 5.43 Å². The Morgan fingerprint density at radius 3 is 2.34 bits per heavy atom. The van der Waals surface area contributed by atoms with E-state index in [9.17, 15) is 4.79 Å². The van der Waals surface area contributed by atoms with Crippen LogP contribution in [0.25, 0.3) is 0 Å². The Kier molecular flexibility index (Phi) is 9.77. The first kappa shape index (κ1) is 25.4. The van der Waals surface area contributed by atoms with Gasteiger partial charge in [-0.15, -0.1) is 11.8 Å². The smallest absolute Gasteiger partial charge is 0.250 e. The lowest BCUT2D eigenvalue weighted by Crippen LogP contribution is -2.19. The fraction of sp³-hybridized carbons (Fsp3) is 0.0909. The molecular weight excluding hydrogens is 622 g/mol. The van der Waals surface area contributed by atoms with Gasteiger partial charge in [0.25, 0.3) is 0 Å². The summed E-state index contributed by atoms with van der Waals surface area (Å²) in [6.45, 7) is 0.322. The maximum absolute atomic E-state index is 12.0. The summed E-state index contributed by atoms with van der Waals surface area (Å²) in [6.07, 6.45) is 1.56. The molecule has 0 saturated heterocycles. The molecule has 0 saturated carbocycles. The Balaban J connectivity index is 1.54. The zero-order valence-corrected chi connectivity index (χ0v) is 22.5. The van der Waals surface area contributed by atoms with E-state index in [1.165, 1.54) is 11.8 Å². The second kappa shape index (κ2) is 12.3. The average molecular weight is 638 g/mol. The Bertz CT molecular complexity index is 1120. The third kappa shape index (κ3) is 7.68. The van der Waals surface area contributed by atoms with Crippen LogP contribution in [0.3, 0.4) is 0 Å². The van der Waals surface area contributed by atoms with Gasteiger partial charge < -0.3 is 4.74 Å². The number of hydrogen-bond donors (Lipinski definition) is 1. The van der Waals surface area contributed by atoms with Crippen molar-refractivity contribution in [1.82, 2.24) is 5.43 Å². The predicted octanol–water partition coefficient (Wildman–Crippen LogP) is 7.99. The van der Waals surface area contributed by atoms with E-state index in [2.05, 4.69) is 42.4 Å². The van der Waals surface area contributed by atoms with E-state index in [-0.39, 0.29) is 11.7 Å². The van der Waals surface area contributed by atoms with Gasteiger partial charge in [-0.2, -0.15) is 5.10 Å². The summed E-state index contributed by atoms with van der Waals surface area (Å²) >= 11 is 26.3. The van der Waals surface area contributed by atoms with Gasteiger partial charge in [-0.1, -0.05) is 40.9 Å². The van der Waals surface area contributed by atoms with Crippen LogP contribution in [0.15, 0.2) is 73.5 Å². The topological polar surface area (TPSA) is 50.7 Å². The van der Waals surface area contributed by atoms with E-state index in [1.807, 2.05) is 30.3 Å². The molecule has 3 rings (SSSR count). The number of benzene rings is 3. The van der Waals surface area contributed by atoms with Crippen molar-refractivity contribution < 1.29 is 9.53 Å². The first-order valence-corrected chi connectivity index (χ1v) is 12.8. The largest absolute Gasteiger partial charge is 0.487 e. The van der Waals surface area contributed by atoms with Crippen molar-refractivity contribution in [2.24, 2.45) is 5.10 Å². The minimum absolute atomic E-state index is 0.207. The maximum Gasteiger partial charge on any atom is 0.250 e. The van der Waals surface area contributed by atoms with Gasteiger partial charge in [0.05, 0.1) is 31.0 Å². The number of ether oxygens (including phenoxy) is 1. The quantitative estimate of drug-likeness (QED) is 0.155. The molecule has 0 bridgehead atoms. The second-order valence-electron chi connectivity index (χ2n) is 6.39. The fourth-order valence-corrected chi connectivity index (χ4v) is 5.06. The molecule has 1 N–H and O–H groups in total. The van der Waals surface area contributed by atoms with E-state index in [0.29, 0.717) is 27.4 Å². The lowest BCUT2D eigenvalue weighted by Gasteiger charge is -2.12. The van der Waals surface area contributed by atoms with Crippen molar-refractivity contribution in [1.29, 1.82) is 0 Å². The number of amides is 1. The second-order valence-corrected chi connectivity index (χ2v) is 10.4. The Morgan fingerprint density at radius 1 is 1.00 bits per heavy atom. The number of hydrogen-bond acceptors (Lipinski definition) is 4. The minimum Gasteiger partial charge on any atom is -0.487 e.